The lowest BCUT2D eigenvalue weighted by Gasteiger charge is -2.11. The first-order valence-corrected chi connectivity index (χ1v) is 5.99. The van der Waals surface area contributed by atoms with Gasteiger partial charge in [-0.15, -0.1) is 0 Å². The molecule has 0 heterocycles. The fourth-order valence-corrected chi connectivity index (χ4v) is 1.47. The summed E-state index contributed by atoms with van der Waals surface area (Å²) in [6.07, 6.45) is 9.93. The van der Waals surface area contributed by atoms with E-state index in [-0.39, 0.29) is 5.92 Å². The van der Waals surface area contributed by atoms with Crippen molar-refractivity contribution in [3.05, 3.63) is 12.2 Å². The van der Waals surface area contributed by atoms with Gasteiger partial charge in [0.1, 0.15) is 6.29 Å². The Morgan fingerprint density at radius 1 is 1.33 bits per heavy atom. The molecule has 15 heavy (non-hydrogen) atoms. The van der Waals surface area contributed by atoms with E-state index in [1.807, 2.05) is 6.92 Å². The number of aldehydes is 1. The Labute approximate surface area is 94.4 Å². The Balaban J connectivity index is 3.34. The lowest BCUT2D eigenvalue weighted by Crippen LogP contribution is -2.18. The first-order chi connectivity index (χ1) is 7.20. The summed E-state index contributed by atoms with van der Waals surface area (Å²) in [7, 11) is 2.14. The molecule has 0 aromatic heterocycles. The number of carbonyl (C=O) groups excluding carboxylic acids is 1. The predicted octanol–water partition coefficient (Wildman–Crippen LogP) is 2.89. The second-order valence-electron chi connectivity index (χ2n) is 4.28. The Kier molecular flexibility index (Phi) is 9.49. The molecule has 0 aliphatic rings. The molecule has 0 N–H and O–H groups in total. The quantitative estimate of drug-likeness (QED) is 0.332. The van der Waals surface area contributed by atoms with Crippen LogP contribution in [0.4, 0.5) is 0 Å². The largest absolute Gasteiger partial charge is 0.303 e. The summed E-state index contributed by atoms with van der Waals surface area (Å²) in [5, 5.41) is 0. The maximum atomic E-state index is 10.4. The number of hydrogen-bond acceptors (Lipinski definition) is 2. The van der Waals surface area contributed by atoms with Crippen LogP contribution in [-0.4, -0.2) is 31.3 Å². The summed E-state index contributed by atoms with van der Waals surface area (Å²) in [4.78, 5) is 12.7. The van der Waals surface area contributed by atoms with Gasteiger partial charge < -0.3 is 9.69 Å². The molecule has 88 valence electrons. The number of unbranched alkanes of at least 4 members (excludes halogenated alkanes) is 1. The van der Waals surface area contributed by atoms with Crippen LogP contribution in [0.25, 0.3) is 0 Å². The Bertz CT molecular complexity index is 177. The van der Waals surface area contributed by atoms with Gasteiger partial charge in [-0.2, -0.15) is 0 Å². The van der Waals surface area contributed by atoms with E-state index in [0.717, 1.165) is 38.6 Å². The molecule has 0 aliphatic carbocycles. The monoisotopic (exact) mass is 211 g/mol. The fourth-order valence-electron chi connectivity index (χ4n) is 1.47. The first-order valence-electron chi connectivity index (χ1n) is 5.99. The molecule has 0 bridgehead atoms. The zero-order chi connectivity index (χ0) is 11.5. The zero-order valence-corrected chi connectivity index (χ0v) is 10.4. The minimum absolute atomic E-state index is 0.223. The van der Waals surface area contributed by atoms with Crippen LogP contribution < -0.4 is 0 Å². The van der Waals surface area contributed by atoms with Crippen LogP contribution in [0.2, 0.25) is 0 Å². The van der Waals surface area contributed by atoms with Crippen LogP contribution in [0, 0.1) is 5.92 Å². The van der Waals surface area contributed by atoms with E-state index in [9.17, 15) is 4.79 Å². The van der Waals surface area contributed by atoms with Gasteiger partial charge in [0.25, 0.3) is 0 Å². The molecule has 0 aliphatic heterocycles. The molecule has 2 nitrogen and oxygen atoms in total. The summed E-state index contributed by atoms with van der Waals surface area (Å²) in [6, 6.07) is 0. The van der Waals surface area contributed by atoms with Gasteiger partial charge in [-0.1, -0.05) is 26.0 Å². The van der Waals surface area contributed by atoms with Gasteiger partial charge in [-0.05, 0) is 39.3 Å². The van der Waals surface area contributed by atoms with Gasteiger partial charge in [0.05, 0.1) is 0 Å². The van der Waals surface area contributed by atoms with Crippen molar-refractivity contribution in [2.45, 2.75) is 39.5 Å². The molecule has 0 aromatic rings. The minimum atomic E-state index is 0.223. The third-order valence-electron chi connectivity index (χ3n) is 2.45. The third kappa shape index (κ3) is 9.67. The number of likely N-dealkylation sites (N-methyl/N-ethyl adjacent to an activating group) is 1. The molecule has 1 unspecified atom stereocenters. The number of rotatable bonds is 9. The number of hydrogen-bond donors (Lipinski definition) is 0. The maximum absolute atomic E-state index is 10.4. The Morgan fingerprint density at radius 2 is 2.07 bits per heavy atom. The minimum Gasteiger partial charge on any atom is -0.303 e. The van der Waals surface area contributed by atoms with E-state index in [1.54, 1.807) is 0 Å². The number of carbonyl (C=O) groups is 1. The zero-order valence-electron chi connectivity index (χ0n) is 10.4. The normalized spacial score (nSPS) is 13.6. The van der Waals surface area contributed by atoms with Crippen LogP contribution in [-0.2, 0) is 4.79 Å². The fraction of sp³-hybridized carbons (Fsp3) is 0.769. The smallest absolute Gasteiger partial charge is 0.122 e. The highest BCUT2D eigenvalue weighted by atomic mass is 16.1. The van der Waals surface area contributed by atoms with Gasteiger partial charge >= 0.3 is 0 Å². The van der Waals surface area contributed by atoms with Crippen LogP contribution >= 0.6 is 0 Å². The number of allylic oxidation sites excluding steroid dienone is 1. The van der Waals surface area contributed by atoms with E-state index < -0.39 is 0 Å². The van der Waals surface area contributed by atoms with E-state index in [2.05, 4.69) is 31.0 Å². The summed E-state index contributed by atoms with van der Waals surface area (Å²) < 4.78 is 0. The SMILES string of the molecule is CCCN(C)CC=CCCCC(C)C=O. The van der Waals surface area contributed by atoms with E-state index in [1.165, 1.54) is 6.42 Å². The van der Waals surface area contributed by atoms with Crippen molar-refractivity contribution in [3.8, 4) is 0 Å². The molecule has 0 rings (SSSR count). The molecule has 0 spiro atoms. The van der Waals surface area contributed by atoms with E-state index >= 15 is 0 Å². The second-order valence-corrected chi connectivity index (χ2v) is 4.28. The third-order valence-corrected chi connectivity index (χ3v) is 2.45. The standard InChI is InChI=1S/C13H25NO/c1-4-10-14(3)11-8-6-5-7-9-13(2)12-15/h6,8,12-13H,4-5,7,9-11H2,1-3H3. The maximum Gasteiger partial charge on any atom is 0.122 e. The lowest BCUT2D eigenvalue weighted by atomic mass is 10.1. The summed E-state index contributed by atoms with van der Waals surface area (Å²) in [5.74, 6) is 0.223. The lowest BCUT2D eigenvalue weighted by molar-refractivity contribution is -0.110. The van der Waals surface area contributed by atoms with Crippen molar-refractivity contribution >= 4 is 6.29 Å². The predicted molar refractivity (Wildman–Crippen MR) is 66.0 cm³/mol. The van der Waals surface area contributed by atoms with Crippen LogP contribution in [0.3, 0.4) is 0 Å². The molecular weight excluding hydrogens is 186 g/mol. The van der Waals surface area contributed by atoms with Gasteiger partial charge in [-0.25, -0.2) is 0 Å². The highest BCUT2D eigenvalue weighted by Gasteiger charge is 1.97. The Morgan fingerprint density at radius 3 is 2.67 bits per heavy atom. The van der Waals surface area contributed by atoms with Crippen molar-refractivity contribution in [1.82, 2.24) is 4.90 Å². The topological polar surface area (TPSA) is 20.3 Å². The molecule has 0 fully saturated rings. The van der Waals surface area contributed by atoms with Crippen molar-refractivity contribution < 1.29 is 4.79 Å². The van der Waals surface area contributed by atoms with Crippen LogP contribution in [0.1, 0.15) is 39.5 Å². The molecular formula is C13H25NO. The summed E-state index contributed by atoms with van der Waals surface area (Å²) in [5.41, 5.74) is 0. The van der Waals surface area contributed by atoms with Crippen molar-refractivity contribution in [3.63, 3.8) is 0 Å². The molecule has 0 saturated carbocycles. The van der Waals surface area contributed by atoms with Crippen molar-refractivity contribution in [1.29, 1.82) is 0 Å². The molecule has 1 atom stereocenters. The van der Waals surface area contributed by atoms with Crippen LogP contribution in [0.15, 0.2) is 12.2 Å². The van der Waals surface area contributed by atoms with Gasteiger partial charge in [0, 0.05) is 12.5 Å². The average molecular weight is 211 g/mol. The molecule has 0 aromatic carbocycles. The van der Waals surface area contributed by atoms with Crippen LogP contribution in [0.5, 0.6) is 0 Å². The molecule has 0 saturated heterocycles. The van der Waals surface area contributed by atoms with Crippen molar-refractivity contribution in [2.24, 2.45) is 5.92 Å². The second kappa shape index (κ2) is 9.91. The Hall–Kier alpha value is -0.630. The van der Waals surface area contributed by atoms with E-state index in [0.29, 0.717) is 0 Å². The highest BCUT2D eigenvalue weighted by Crippen LogP contribution is 2.05. The molecule has 0 radical (unpaired) electrons. The number of nitrogens with zero attached hydrogens (tertiary/aromatic N) is 1. The summed E-state index contributed by atoms with van der Waals surface area (Å²) >= 11 is 0. The molecule has 0 amide bonds. The van der Waals surface area contributed by atoms with Gasteiger partial charge in [0.15, 0.2) is 0 Å². The molecule has 2 heteroatoms. The average Bonchev–Trinajstić information content (AvgIpc) is 2.23. The van der Waals surface area contributed by atoms with E-state index in [4.69, 9.17) is 0 Å². The highest BCUT2D eigenvalue weighted by molar-refractivity contribution is 5.52. The first kappa shape index (κ1) is 14.4. The van der Waals surface area contributed by atoms with Gasteiger partial charge in [0.2, 0.25) is 0 Å². The van der Waals surface area contributed by atoms with Gasteiger partial charge in [-0.3, -0.25) is 0 Å². The van der Waals surface area contributed by atoms with Crippen molar-refractivity contribution in [2.75, 3.05) is 20.1 Å². The summed E-state index contributed by atoms with van der Waals surface area (Å²) in [6.45, 7) is 6.37.